The maximum Gasteiger partial charge on any atom is 0.0593 e. The van der Waals surface area contributed by atoms with E-state index in [9.17, 15) is 0 Å². The summed E-state index contributed by atoms with van der Waals surface area (Å²) in [6.45, 7) is 11.7. The Bertz CT molecular complexity index is 386. The normalized spacial score (nSPS) is 21.9. The predicted molar refractivity (Wildman–Crippen MR) is 89.1 cm³/mol. The fourth-order valence-electron chi connectivity index (χ4n) is 3.39. The fourth-order valence-corrected chi connectivity index (χ4v) is 4.32. The summed E-state index contributed by atoms with van der Waals surface area (Å²) in [5, 5.41) is 2.17. The number of thiophene rings is 1. The van der Waals surface area contributed by atoms with E-state index in [0.29, 0.717) is 11.5 Å². The van der Waals surface area contributed by atoms with Crippen molar-refractivity contribution in [2.75, 3.05) is 13.1 Å². The van der Waals surface area contributed by atoms with Gasteiger partial charge in [0.15, 0.2) is 0 Å². The largest absolute Gasteiger partial charge is 0.326 e. The molecule has 1 aliphatic rings. The molecule has 0 aliphatic carbocycles. The Hall–Kier alpha value is -0.380. The van der Waals surface area contributed by atoms with Crippen molar-refractivity contribution in [1.29, 1.82) is 0 Å². The zero-order valence-electron chi connectivity index (χ0n) is 13.4. The van der Waals surface area contributed by atoms with Crippen LogP contribution in [0.4, 0.5) is 0 Å². The second-order valence-corrected chi connectivity index (χ2v) is 8.19. The molecule has 1 aromatic rings. The molecule has 0 spiro atoms. The van der Waals surface area contributed by atoms with E-state index in [0.717, 1.165) is 12.3 Å². The third kappa shape index (κ3) is 3.63. The second-order valence-electron chi connectivity index (χ2n) is 7.21. The van der Waals surface area contributed by atoms with Crippen molar-refractivity contribution < 1.29 is 0 Å². The molecule has 0 bridgehead atoms. The summed E-state index contributed by atoms with van der Waals surface area (Å²) >= 11 is 1.85. The first-order valence-corrected chi connectivity index (χ1v) is 8.84. The minimum atomic E-state index is 0.250. The van der Waals surface area contributed by atoms with E-state index >= 15 is 0 Å². The van der Waals surface area contributed by atoms with Crippen LogP contribution in [0, 0.1) is 11.3 Å². The van der Waals surface area contributed by atoms with Gasteiger partial charge in [0.25, 0.3) is 0 Å². The van der Waals surface area contributed by atoms with Crippen LogP contribution in [0.2, 0.25) is 0 Å². The third-order valence-corrected chi connectivity index (χ3v) is 5.80. The van der Waals surface area contributed by atoms with Gasteiger partial charge in [-0.15, -0.1) is 11.3 Å². The van der Waals surface area contributed by atoms with Crippen molar-refractivity contribution in [3.05, 3.63) is 22.4 Å². The summed E-state index contributed by atoms with van der Waals surface area (Å²) in [5.41, 5.74) is 6.87. The van der Waals surface area contributed by atoms with Gasteiger partial charge in [0.2, 0.25) is 0 Å². The molecular formula is C17H30N2S. The third-order valence-electron chi connectivity index (χ3n) is 4.86. The van der Waals surface area contributed by atoms with Crippen LogP contribution in [0.5, 0.6) is 0 Å². The first-order chi connectivity index (χ1) is 9.43. The average molecular weight is 295 g/mol. The van der Waals surface area contributed by atoms with Gasteiger partial charge in [0, 0.05) is 10.9 Å². The Morgan fingerprint density at radius 2 is 2.00 bits per heavy atom. The number of piperidine rings is 1. The average Bonchev–Trinajstić information content (AvgIpc) is 2.92. The number of rotatable bonds is 4. The molecule has 1 aliphatic heterocycles. The first-order valence-electron chi connectivity index (χ1n) is 7.96. The van der Waals surface area contributed by atoms with Gasteiger partial charge in [-0.25, -0.2) is 0 Å². The van der Waals surface area contributed by atoms with Gasteiger partial charge in [-0.2, -0.15) is 0 Å². The topological polar surface area (TPSA) is 29.3 Å². The molecule has 1 fully saturated rings. The minimum Gasteiger partial charge on any atom is -0.326 e. The van der Waals surface area contributed by atoms with Crippen LogP contribution in [0.1, 0.15) is 57.9 Å². The minimum absolute atomic E-state index is 0.250. The molecule has 2 unspecified atom stereocenters. The fraction of sp³-hybridized carbons (Fsp3) is 0.765. The van der Waals surface area contributed by atoms with Gasteiger partial charge >= 0.3 is 0 Å². The van der Waals surface area contributed by atoms with Crippen molar-refractivity contribution in [3.63, 3.8) is 0 Å². The quantitative estimate of drug-likeness (QED) is 0.898. The molecule has 2 rings (SSSR count). The number of nitrogens with two attached hydrogens (primary N) is 1. The van der Waals surface area contributed by atoms with Crippen LogP contribution >= 0.6 is 11.3 Å². The summed E-state index contributed by atoms with van der Waals surface area (Å²) in [6.07, 6.45) is 3.66. The van der Waals surface area contributed by atoms with E-state index in [1.54, 1.807) is 0 Å². The molecule has 114 valence electrons. The van der Waals surface area contributed by atoms with E-state index in [1.807, 2.05) is 11.3 Å². The summed E-state index contributed by atoms with van der Waals surface area (Å²) < 4.78 is 0. The van der Waals surface area contributed by atoms with Crippen molar-refractivity contribution in [2.24, 2.45) is 17.1 Å². The van der Waals surface area contributed by atoms with Gasteiger partial charge < -0.3 is 5.73 Å². The highest BCUT2D eigenvalue weighted by Gasteiger charge is 2.33. The Balaban J connectivity index is 2.06. The molecule has 2 heterocycles. The number of likely N-dealkylation sites (tertiary alicyclic amines) is 1. The maximum absolute atomic E-state index is 6.42. The highest BCUT2D eigenvalue weighted by molar-refractivity contribution is 7.10. The maximum atomic E-state index is 6.42. The van der Waals surface area contributed by atoms with Crippen molar-refractivity contribution in [2.45, 2.75) is 59.0 Å². The zero-order valence-corrected chi connectivity index (χ0v) is 14.2. The van der Waals surface area contributed by atoms with Crippen LogP contribution in [-0.2, 0) is 0 Å². The van der Waals surface area contributed by atoms with Crippen LogP contribution in [0.3, 0.4) is 0 Å². The van der Waals surface area contributed by atoms with Crippen LogP contribution in [0.25, 0.3) is 0 Å². The smallest absolute Gasteiger partial charge is 0.0593 e. The van der Waals surface area contributed by atoms with Crippen molar-refractivity contribution in [3.8, 4) is 0 Å². The first kappa shape index (κ1) is 16.0. The Labute approximate surface area is 128 Å². The van der Waals surface area contributed by atoms with Crippen molar-refractivity contribution >= 4 is 11.3 Å². The molecule has 0 radical (unpaired) electrons. The Kier molecular flexibility index (Phi) is 5.27. The molecule has 2 N–H and O–H groups in total. The van der Waals surface area contributed by atoms with E-state index in [2.05, 4.69) is 50.1 Å². The monoisotopic (exact) mass is 294 g/mol. The second kappa shape index (κ2) is 6.59. The number of nitrogens with zero attached hydrogens (tertiary/aromatic N) is 1. The molecule has 2 atom stereocenters. The van der Waals surface area contributed by atoms with E-state index in [-0.39, 0.29) is 6.04 Å². The molecule has 20 heavy (non-hydrogen) atoms. The lowest BCUT2D eigenvalue weighted by Crippen LogP contribution is -2.45. The predicted octanol–water partition coefficient (Wildman–Crippen LogP) is 4.28. The SMILES string of the molecule is CCC(N)C(c1cccs1)N1CCC(C(C)(C)C)CC1. The molecular weight excluding hydrogens is 264 g/mol. The van der Waals surface area contributed by atoms with E-state index < -0.39 is 0 Å². The van der Waals surface area contributed by atoms with Gasteiger partial charge in [-0.05, 0) is 55.1 Å². The highest BCUT2D eigenvalue weighted by atomic mass is 32.1. The van der Waals surface area contributed by atoms with Gasteiger partial charge in [-0.1, -0.05) is 33.8 Å². The van der Waals surface area contributed by atoms with Crippen molar-refractivity contribution in [1.82, 2.24) is 4.90 Å². The number of hydrogen-bond donors (Lipinski definition) is 1. The Morgan fingerprint density at radius 3 is 2.45 bits per heavy atom. The van der Waals surface area contributed by atoms with Gasteiger partial charge in [0.05, 0.1) is 6.04 Å². The lowest BCUT2D eigenvalue weighted by Gasteiger charge is -2.43. The summed E-state index contributed by atoms with van der Waals surface area (Å²) in [6, 6.07) is 5.07. The molecule has 3 heteroatoms. The standard InChI is InChI=1S/C17H30N2S/c1-5-14(18)16(15-7-6-12-20-15)19-10-8-13(9-11-19)17(2,3)4/h6-7,12-14,16H,5,8-11,18H2,1-4H3. The summed E-state index contributed by atoms with van der Waals surface area (Å²) in [5.74, 6) is 0.848. The molecule has 2 nitrogen and oxygen atoms in total. The molecule has 1 aromatic heterocycles. The van der Waals surface area contributed by atoms with Crippen LogP contribution in [-0.4, -0.2) is 24.0 Å². The molecule has 0 saturated carbocycles. The van der Waals surface area contributed by atoms with E-state index in [1.165, 1.54) is 30.8 Å². The summed E-state index contributed by atoms with van der Waals surface area (Å²) in [7, 11) is 0. The van der Waals surface area contributed by atoms with Gasteiger partial charge in [0.1, 0.15) is 0 Å². The molecule has 1 saturated heterocycles. The van der Waals surface area contributed by atoms with Crippen LogP contribution < -0.4 is 5.73 Å². The summed E-state index contributed by atoms with van der Waals surface area (Å²) in [4.78, 5) is 4.07. The lowest BCUT2D eigenvalue weighted by molar-refractivity contribution is 0.0734. The lowest BCUT2D eigenvalue weighted by atomic mass is 9.75. The highest BCUT2D eigenvalue weighted by Crippen LogP contribution is 2.38. The van der Waals surface area contributed by atoms with E-state index in [4.69, 9.17) is 5.73 Å². The van der Waals surface area contributed by atoms with Crippen LogP contribution in [0.15, 0.2) is 17.5 Å². The zero-order chi connectivity index (χ0) is 14.8. The van der Waals surface area contributed by atoms with Gasteiger partial charge in [-0.3, -0.25) is 4.90 Å². The number of hydrogen-bond acceptors (Lipinski definition) is 3. The molecule has 0 aromatic carbocycles. The Morgan fingerprint density at radius 1 is 1.35 bits per heavy atom. The molecule has 0 amide bonds.